The van der Waals surface area contributed by atoms with Gasteiger partial charge in [0.2, 0.25) is 11.8 Å². The van der Waals surface area contributed by atoms with E-state index in [1.807, 2.05) is 13.8 Å². The Labute approximate surface area is 117 Å². The summed E-state index contributed by atoms with van der Waals surface area (Å²) < 4.78 is 36.0. The molecule has 0 aliphatic rings. The molecule has 0 aliphatic heterocycles. The zero-order valence-corrected chi connectivity index (χ0v) is 12.3. The minimum atomic E-state index is -4.44. The molecule has 2 amide bonds. The average molecular weight is 297 g/mol. The number of amides is 2. The molecule has 0 fully saturated rings. The molecule has 0 aliphatic carbocycles. The van der Waals surface area contributed by atoms with Crippen molar-refractivity contribution in [1.29, 1.82) is 0 Å². The zero-order valence-electron chi connectivity index (χ0n) is 12.3. The molecular weight excluding hydrogens is 275 g/mol. The predicted molar refractivity (Wildman–Crippen MR) is 69.1 cm³/mol. The number of halogens is 3. The number of nitrogens with zero attached hydrogens (tertiary/aromatic N) is 2. The van der Waals surface area contributed by atoms with Crippen LogP contribution in [0.2, 0.25) is 0 Å². The molecule has 20 heavy (non-hydrogen) atoms. The molecule has 1 atom stereocenters. The summed E-state index contributed by atoms with van der Waals surface area (Å²) in [4.78, 5) is 26.4. The van der Waals surface area contributed by atoms with E-state index < -0.39 is 24.7 Å². The van der Waals surface area contributed by atoms with Gasteiger partial charge < -0.3 is 10.2 Å². The number of rotatable bonds is 7. The maximum atomic E-state index is 12.0. The van der Waals surface area contributed by atoms with Crippen LogP contribution in [0.25, 0.3) is 0 Å². The topological polar surface area (TPSA) is 52.7 Å². The fourth-order valence-corrected chi connectivity index (χ4v) is 1.56. The van der Waals surface area contributed by atoms with Crippen LogP contribution in [0.1, 0.15) is 20.8 Å². The zero-order chi connectivity index (χ0) is 15.9. The van der Waals surface area contributed by atoms with Gasteiger partial charge in [-0.05, 0) is 27.8 Å². The van der Waals surface area contributed by atoms with Crippen LogP contribution in [0.3, 0.4) is 0 Å². The van der Waals surface area contributed by atoms with Crippen molar-refractivity contribution >= 4 is 11.8 Å². The van der Waals surface area contributed by atoms with Gasteiger partial charge in [0.15, 0.2) is 0 Å². The van der Waals surface area contributed by atoms with E-state index in [1.165, 1.54) is 18.9 Å². The van der Waals surface area contributed by atoms with Crippen LogP contribution in [0.4, 0.5) is 13.2 Å². The summed E-state index contributed by atoms with van der Waals surface area (Å²) in [6, 6.07) is -0.808. The van der Waals surface area contributed by atoms with Crippen LogP contribution in [0.5, 0.6) is 0 Å². The molecule has 0 aromatic carbocycles. The predicted octanol–water partition coefficient (Wildman–Crippen LogP) is 0.854. The third kappa shape index (κ3) is 6.74. The lowest BCUT2D eigenvalue weighted by atomic mass is 10.2. The van der Waals surface area contributed by atoms with Gasteiger partial charge in [-0.15, -0.1) is 0 Å². The van der Waals surface area contributed by atoms with E-state index in [0.29, 0.717) is 13.1 Å². The Morgan fingerprint density at radius 3 is 2.10 bits per heavy atom. The maximum absolute atomic E-state index is 12.0. The van der Waals surface area contributed by atoms with Crippen molar-refractivity contribution in [1.82, 2.24) is 15.1 Å². The number of alkyl halides is 3. The van der Waals surface area contributed by atoms with Crippen molar-refractivity contribution in [3.63, 3.8) is 0 Å². The van der Waals surface area contributed by atoms with Crippen molar-refractivity contribution < 1.29 is 22.8 Å². The number of carbonyl (C=O) groups is 2. The van der Waals surface area contributed by atoms with Crippen LogP contribution in [-0.2, 0) is 9.59 Å². The smallest absolute Gasteiger partial charge is 0.346 e. The van der Waals surface area contributed by atoms with E-state index in [2.05, 4.69) is 0 Å². The highest BCUT2D eigenvalue weighted by atomic mass is 19.4. The second kappa shape index (κ2) is 8.08. The molecule has 0 aromatic heterocycles. The average Bonchev–Trinajstić information content (AvgIpc) is 2.35. The molecule has 0 saturated carbocycles. The normalized spacial score (nSPS) is 13.2. The summed E-state index contributed by atoms with van der Waals surface area (Å²) in [5.41, 5.74) is 0. The van der Waals surface area contributed by atoms with E-state index in [1.54, 1.807) is 10.2 Å². The molecule has 5 nitrogen and oxygen atoms in total. The van der Waals surface area contributed by atoms with Crippen LogP contribution >= 0.6 is 0 Å². The van der Waals surface area contributed by atoms with Gasteiger partial charge in [-0.1, -0.05) is 0 Å². The molecule has 0 spiro atoms. The molecule has 0 heterocycles. The highest BCUT2D eigenvalue weighted by Gasteiger charge is 2.29. The maximum Gasteiger partial charge on any atom is 0.405 e. The summed E-state index contributed by atoms with van der Waals surface area (Å²) in [6.45, 7) is 4.86. The number of hydrogen-bond donors (Lipinski definition) is 1. The fourth-order valence-electron chi connectivity index (χ4n) is 1.56. The summed E-state index contributed by atoms with van der Waals surface area (Å²) in [5, 5.41) is 1.80. The Kier molecular flexibility index (Phi) is 7.55. The lowest BCUT2D eigenvalue weighted by Gasteiger charge is -2.26. The van der Waals surface area contributed by atoms with Gasteiger partial charge >= 0.3 is 6.18 Å². The summed E-state index contributed by atoms with van der Waals surface area (Å²) in [7, 11) is 1.53. The van der Waals surface area contributed by atoms with Gasteiger partial charge in [0.25, 0.3) is 0 Å². The lowest BCUT2D eigenvalue weighted by molar-refractivity contribution is -0.142. The summed E-state index contributed by atoms with van der Waals surface area (Å²) in [6.07, 6.45) is -4.44. The number of nitrogens with one attached hydrogen (secondary N) is 1. The largest absolute Gasteiger partial charge is 0.405 e. The van der Waals surface area contributed by atoms with Crippen molar-refractivity contribution in [3.8, 4) is 0 Å². The van der Waals surface area contributed by atoms with Gasteiger partial charge in [0.05, 0.1) is 12.6 Å². The molecule has 118 valence electrons. The van der Waals surface area contributed by atoms with Crippen molar-refractivity contribution in [2.24, 2.45) is 0 Å². The molecule has 0 saturated heterocycles. The quantitative estimate of drug-likeness (QED) is 0.758. The first-order chi connectivity index (χ1) is 9.12. The van der Waals surface area contributed by atoms with Gasteiger partial charge in [-0.2, -0.15) is 13.2 Å². The van der Waals surface area contributed by atoms with Crippen LogP contribution < -0.4 is 5.32 Å². The van der Waals surface area contributed by atoms with E-state index in [9.17, 15) is 22.8 Å². The van der Waals surface area contributed by atoms with Gasteiger partial charge in [-0.3, -0.25) is 14.5 Å². The monoisotopic (exact) mass is 297 g/mol. The first kappa shape index (κ1) is 18.7. The van der Waals surface area contributed by atoms with Crippen LogP contribution in [-0.4, -0.2) is 67.1 Å². The Hall–Kier alpha value is -1.31. The van der Waals surface area contributed by atoms with Gasteiger partial charge in [-0.25, -0.2) is 0 Å². The van der Waals surface area contributed by atoms with Gasteiger partial charge in [0, 0.05) is 13.1 Å². The Balaban J connectivity index is 4.36. The number of carbonyl (C=O) groups excluding carboxylic acids is 2. The third-order valence-electron chi connectivity index (χ3n) is 3.00. The minimum Gasteiger partial charge on any atom is -0.346 e. The minimum absolute atomic E-state index is 0.0116. The molecule has 0 aromatic rings. The van der Waals surface area contributed by atoms with Crippen molar-refractivity contribution in [2.45, 2.75) is 33.0 Å². The molecule has 0 radical (unpaired) electrons. The SMILES string of the molecule is CCN(CC)C(=O)CN(C)C(C)C(=O)NCC(F)(F)F. The lowest BCUT2D eigenvalue weighted by Crippen LogP contribution is -2.49. The van der Waals surface area contributed by atoms with E-state index in [4.69, 9.17) is 0 Å². The Morgan fingerprint density at radius 2 is 1.70 bits per heavy atom. The van der Waals surface area contributed by atoms with E-state index in [-0.39, 0.29) is 12.5 Å². The van der Waals surface area contributed by atoms with Crippen LogP contribution in [0.15, 0.2) is 0 Å². The second-order valence-electron chi connectivity index (χ2n) is 4.49. The highest BCUT2D eigenvalue weighted by Crippen LogP contribution is 2.12. The van der Waals surface area contributed by atoms with Crippen molar-refractivity contribution in [2.75, 3.05) is 33.2 Å². The molecule has 1 unspecified atom stereocenters. The first-order valence-corrected chi connectivity index (χ1v) is 6.44. The Bertz CT molecular complexity index is 330. The van der Waals surface area contributed by atoms with Crippen molar-refractivity contribution in [3.05, 3.63) is 0 Å². The fraction of sp³-hybridized carbons (Fsp3) is 0.833. The standard InChI is InChI=1S/C12H22F3N3O2/c1-5-18(6-2)10(19)7-17(4)9(3)11(20)16-8-12(13,14)15/h9H,5-8H2,1-4H3,(H,16,20). The third-order valence-corrected chi connectivity index (χ3v) is 3.00. The van der Waals surface area contributed by atoms with E-state index in [0.717, 1.165) is 0 Å². The van der Waals surface area contributed by atoms with E-state index >= 15 is 0 Å². The molecule has 0 bridgehead atoms. The molecule has 1 N–H and O–H groups in total. The summed E-state index contributed by atoms with van der Waals surface area (Å²) in [5.74, 6) is -0.912. The molecule has 8 heteroatoms. The van der Waals surface area contributed by atoms with Crippen LogP contribution in [0, 0.1) is 0 Å². The number of likely N-dealkylation sites (N-methyl/N-ethyl adjacent to an activating group) is 2. The second-order valence-corrected chi connectivity index (χ2v) is 4.49. The molecule has 0 rings (SSSR count). The molecular formula is C12H22F3N3O2. The first-order valence-electron chi connectivity index (χ1n) is 6.44. The van der Waals surface area contributed by atoms with Gasteiger partial charge in [0.1, 0.15) is 6.54 Å². The Morgan fingerprint density at radius 1 is 1.20 bits per heavy atom. The highest BCUT2D eigenvalue weighted by molar-refractivity contribution is 5.83. The number of hydrogen-bond acceptors (Lipinski definition) is 3. The summed E-state index contributed by atoms with van der Waals surface area (Å²) >= 11 is 0.